The maximum atomic E-state index is 4.40. The molecule has 0 unspecified atom stereocenters. The summed E-state index contributed by atoms with van der Waals surface area (Å²) in [6.07, 6.45) is 5.33. The van der Waals surface area contributed by atoms with Crippen LogP contribution in [0.5, 0.6) is 0 Å². The van der Waals surface area contributed by atoms with Gasteiger partial charge >= 0.3 is 0 Å². The van der Waals surface area contributed by atoms with Gasteiger partial charge in [-0.15, -0.1) is 0 Å². The minimum absolute atomic E-state index is 0.760. The van der Waals surface area contributed by atoms with Crippen molar-refractivity contribution in [2.24, 2.45) is 0 Å². The first-order valence-electron chi connectivity index (χ1n) is 4.48. The maximum absolute atomic E-state index is 4.40. The standard InChI is InChI=1S/C11H11N3/c1-8-7-13-11(14-9(8)2)10-3-5-12-6-4-10/h3-7H,1-2H3. The van der Waals surface area contributed by atoms with E-state index in [1.165, 1.54) is 0 Å². The second-order valence-electron chi connectivity index (χ2n) is 3.20. The molecule has 0 aromatic carbocycles. The zero-order valence-corrected chi connectivity index (χ0v) is 8.23. The molecule has 0 saturated heterocycles. The van der Waals surface area contributed by atoms with Crippen LogP contribution < -0.4 is 0 Å². The highest BCUT2D eigenvalue weighted by molar-refractivity contribution is 5.53. The van der Waals surface area contributed by atoms with Crippen LogP contribution in [0.1, 0.15) is 11.3 Å². The first-order chi connectivity index (χ1) is 6.77. The topological polar surface area (TPSA) is 38.7 Å². The van der Waals surface area contributed by atoms with Crippen LogP contribution in [0.3, 0.4) is 0 Å². The van der Waals surface area contributed by atoms with E-state index in [0.717, 1.165) is 22.6 Å². The van der Waals surface area contributed by atoms with Gasteiger partial charge < -0.3 is 0 Å². The zero-order valence-electron chi connectivity index (χ0n) is 8.23. The average Bonchev–Trinajstić information content (AvgIpc) is 2.23. The van der Waals surface area contributed by atoms with Crippen molar-refractivity contribution < 1.29 is 0 Å². The summed E-state index contributed by atoms with van der Waals surface area (Å²) in [5.74, 6) is 0.760. The van der Waals surface area contributed by atoms with E-state index in [0.29, 0.717) is 0 Å². The lowest BCUT2D eigenvalue weighted by Crippen LogP contribution is -1.94. The van der Waals surface area contributed by atoms with Crippen LogP contribution in [0, 0.1) is 13.8 Å². The van der Waals surface area contributed by atoms with E-state index >= 15 is 0 Å². The van der Waals surface area contributed by atoms with Gasteiger partial charge in [0.05, 0.1) is 0 Å². The molecular formula is C11H11N3. The molecule has 70 valence electrons. The molecule has 2 heterocycles. The number of nitrogens with zero attached hydrogens (tertiary/aromatic N) is 3. The summed E-state index contributed by atoms with van der Waals surface area (Å²) >= 11 is 0. The van der Waals surface area contributed by atoms with Crippen LogP contribution in [0.2, 0.25) is 0 Å². The van der Waals surface area contributed by atoms with E-state index in [1.807, 2.05) is 32.2 Å². The van der Waals surface area contributed by atoms with Gasteiger partial charge in [0, 0.05) is 29.8 Å². The van der Waals surface area contributed by atoms with E-state index in [1.54, 1.807) is 12.4 Å². The smallest absolute Gasteiger partial charge is 0.159 e. The predicted octanol–water partition coefficient (Wildman–Crippen LogP) is 2.16. The molecule has 14 heavy (non-hydrogen) atoms. The van der Waals surface area contributed by atoms with Crippen molar-refractivity contribution in [3.8, 4) is 11.4 Å². The third kappa shape index (κ3) is 1.62. The molecule has 0 fully saturated rings. The van der Waals surface area contributed by atoms with Crippen molar-refractivity contribution in [2.45, 2.75) is 13.8 Å². The van der Waals surface area contributed by atoms with Crippen molar-refractivity contribution >= 4 is 0 Å². The fraction of sp³-hybridized carbons (Fsp3) is 0.182. The molecule has 0 amide bonds. The minimum atomic E-state index is 0.760. The Kier molecular flexibility index (Phi) is 2.23. The molecule has 0 radical (unpaired) electrons. The monoisotopic (exact) mass is 185 g/mol. The van der Waals surface area contributed by atoms with Crippen LogP contribution in [0.25, 0.3) is 11.4 Å². The maximum Gasteiger partial charge on any atom is 0.159 e. The van der Waals surface area contributed by atoms with Gasteiger partial charge in [-0.3, -0.25) is 4.98 Å². The highest BCUT2D eigenvalue weighted by atomic mass is 14.9. The largest absolute Gasteiger partial charge is 0.265 e. The Bertz CT molecular complexity index is 438. The van der Waals surface area contributed by atoms with Crippen LogP contribution >= 0.6 is 0 Å². The lowest BCUT2D eigenvalue weighted by atomic mass is 10.2. The number of pyridine rings is 1. The molecule has 3 nitrogen and oxygen atoms in total. The van der Waals surface area contributed by atoms with Crippen molar-refractivity contribution in [1.29, 1.82) is 0 Å². The first-order valence-corrected chi connectivity index (χ1v) is 4.48. The van der Waals surface area contributed by atoms with Gasteiger partial charge in [0.25, 0.3) is 0 Å². The quantitative estimate of drug-likeness (QED) is 0.683. The SMILES string of the molecule is Cc1cnc(-c2ccncc2)nc1C. The number of hydrogen-bond acceptors (Lipinski definition) is 3. The molecule has 2 aromatic heterocycles. The fourth-order valence-corrected chi connectivity index (χ4v) is 1.17. The van der Waals surface area contributed by atoms with Crippen LogP contribution in [-0.2, 0) is 0 Å². The van der Waals surface area contributed by atoms with Gasteiger partial charge in [0.2, 0.25) is 0 Å². The van der Waals surface area contributed by atoms with Crippen LogP contribution in [0.4, 0.5) is 0 Å². The minimum Gasteiger partial charge on any atom is -0.265 e. The van der Waals surface area contributed by atoms with Gasteiger partial charge in [0.1, 0.15) is 0 Å². The van der Waals surface area contributed by atoms with Gasteiger partial charge in [-0.05, 0) is 31.5 Å². The van der Waals surface area contributed by atoms with Crippen LogP contribution in [-0.4, -0.2) is 15.0 Å². The summed E-state index contributed by atoms with van der Waals surface area (Å²) in [7, 11) is 0. The fourth-order valence-electron chi connectivity index (χ4n) is 1.17. The lowest BCUT2D eigenvalue weighted by Gasteiger charge is -2.02. The molecule has 0 spiro atoms. The molecule has 0 bridgehead atoms. The lowest BCUT2D eigenvalue weighted by molar-refractivity contribution is 1.07. The molecular weight excluding hydrogens is 174 g/mol. The Morgan fingerprint density at radius 1 is 1.07 bits per heavy atom. The van der Waals surface area contributed by atoms with Crippen molar-refractivity contribution in [1.82, 2.24) is 15.0 Å². The number of aryl methyl sites for hydroxylation is 2. The molecule has 0 aliphatic carbocycles. The summed E-state index contributed by atoms with van der Waals surface area (Å²) in [6.45, 7) is 3.99. The summed E-state index contributed by atoms with van der Waals surface area (Å²) in [4.78, 5) is 12.6. The summed E-state index contributed by atoms with van der Waals surface area (Å²) in [5, 5.41) is 0. The second-order valence-corrected chi connectivity index (χ2v) is 3.20. The average molecular weight is 185 g/mol. The van der Waals surface area contributed by atoms with Crippen molar-refractivity contribution in [3.05, 3.63) is 42.0 Å². The highest BCUT2D eigenvalue weighted by Crippen LogP contribution is 2.13. The van der Waals surface area contributed by atoms with E-state index in [2.05, 4.69) is 15.0 Å². The van der Waals surface area contributed by atoms with Crippen molar-refractivity contribution in [3.63, 3.8) is 0 Å². The predicted molar refractivity (Wildman–Crippen MR) is 54.7 cm³/mol. The molecule has 0 N–H and O–H groups in total. The summed E-state index contributed by atoms with van der Waals surface area (Å²) < 4.78 is 0. The summed E-state index contributed by atoms with van der Waals surface area (Å²) in [5.41, 5.74) is 3.14. The van der Waals surface area contributed by atoms with E-state index < -0.39 is 0 Å². The van der Waals surface area contributed by atoms with Gasteiger partial charge in [0.15, 0.2) is 5.82 Å². The third-order valence-corrected chi connectivity index (χ3v) is 2.16. The third-order valence-electron chi connectivity index (χ3n) is 2.16. The Morgan fingerprint density at radius 3 is 2.43 bits per heavy atom. The zero-order chi connectivity index (χ0) is 9.97. The normalized spacial score (nSPS) is 10.1. The van der Waals surface area contributed by atoms with Gasteiger partial charge in [-0.1, -0.05) is 0 Å². The molecule has 2 aromatic rings. The summed E-state index contributed by atoms with van der Waals surface area (Å²) in [6, 6.07) is 3.81. The van der Waals surface area contributed by atoms with E-state index in [-0.39, 0.29) is 0 Å². The Balaban J connectivity index is 2.48. The van der Waals surface area contributed by atoms with Crippen molar-refractivity contribution in [2.75, 3.05) is 0 Å². The second kappa shape index (κ2) is 3.54. The molecule has 3 heteroatoms. The van der Waals surface area contributed by atoms with Gasteiger partial charge in [-0.2, -0.15) is 0 Å². The van der Waals surface area contributed by atoms with E-state index in [4.69, 9.17) is 0 Å². The Labute approximate surface area is 82.9 Å². The first kappa shape index (κ1) is 8.81. The van der Waals surface area contributed by atoms with Crippen LogP contribution in [0.15, 0.2) is 30.7 Å². The molecule has 2 rings (SSSR count). The molecule has 0 aliphatic heterocycles. The number of rotatable bonds is 1. The number of hydrogen-bond donors (Lipinski definition) is 0. The Hall–Kier alpha value is -1.77. The van der Waals surface area contributed by atoms with Gasteiger partial charge in [-0.25, -0.2) is 9.97 Å². The Morgan fingerprint density at radius 2 is 1.79 bits per heavy atom. The number of aromatic nitrogens is 3. The molecule has 0 aliphatic rings. The molecule has 0 atom stereocenters. The molecule has 0 saturated carbocycles. The highest BCUT2D eigenvalue weighted by Gasteiger charge is 2.01. The van der Waals surface area contributed by atoms with E-state index in [9.17, 15) is 0 Å².